The predicted molar refractivity (Wildman–Crippen MR) is 219 cm³/mol. The van der Waals surface area contributed by atoms with Crippen molar-refractivity contribution < 1.29 is 4.79 Å². The minimum atomic E-state index is -0.413. The topological polar surface area (TPSA) is 17.1 Å². The second kappa shape index (κ2) is 10.8. The molecule has 0 radical (unpaired) electrons. The van der Waals surface area contributed by atoms with Crippen LogP contribution in [0.5, 0.6) is 0 Å². The van der Waals surface area contributed by atoms with Gasteiger partial charge in [-0.05, 0) is 109 Å². The van der Waals surface area contributed by atoms with E-state index in [1.165, 1.54) is 66.8 Å². The Hall–Kier alpha value is -5.53. The molecule has 8 unspecified atom stereocenters. The summed E-state index contributed by atoms with van der Waals surface area (Å²) in [5.41, 5.74) is 17.5. The first-order chi connectivity index (χ1) is 26.5. The quantitative estimate of drug-likeness (QED) is 0.133. The third kappa shape index (κ3) is 3.55. The molecule has 0 heterocycles. The summed E-state index contributed by atoms with van der Waals surface area (Å²) in [6, 6.07) is 43.1. The Morgan fingerprint density at radius 2 is 1.28 bits per heavy atom. The van der Waals surface area contributed by atoms with Crippen LogP contribution in [0.15, 0.2) is 169 Å². The summed E-state index contributed by atoms with van der Waals surface area (Å²) in [6.07, 6.45) is 18.7. The maximum Gasteiger partial charge on any atom is 0.192 e. The Kier molecular flexibility index (Phi) is 6.17. The van der Waals surface area contributed by atoms with Crippen LogP contribution in [0.4, 0.5) is 0 Å². The third-order valence-corrected chi connectivity index (χ3v) is 14.8. The van der Waals surface area contributed by atoms with Crippen LogP contribution in [-0.4, -0.2) is 5.78 Å². The fourth-order valence-electron chi connectivity index (χ4n) is 13.0. The van der Waals surface area contributed by atoms with Crippen LogP contribution in [0.2, 0.25) is 0 Å². The van der Waals surface area contributed by atoms with Gasteiger partial charge in [0.1, 0.15) is 0 Å². The van der Waals surface area contributed by atoms with Crippen molar-refractivity contribution in [2.24, 2.45) is 23.7 Å². The zero-order valence-corrected chi connectivity index (χ0v) is 30.8. The number of carbonyl (C=O) groups excluding carboxylic acids is 1. The molecule has 54 heavy (non-hydrogen) atoms. The van der Waals surface area contributed by atoms with Crippen LogP contribution in [0.1, 0.15) is 93.4 Å². The van der Waals surface area contributed by atoms with E-state index >= 15 is 4.79 Å². The Balaban J connectivity index is 1.04. The zero-order chi connectivity index (χ0) is 35.9. The molecule has 0 saturated heterocycles. The SMILES string of the molecule is CC1CC=CC2=C1C1(c3ccccc32)c2ccccc2-c2ccc(C(=O)C3=CC4C(C=C3)c3ccccc3C43c4ccccc4C4C(C)CC=CC43)cc21. The Labute approximate surface area is 318 Å². The van der Waals surface area contributed by atoms with Crippen LogP contribution in [0, 0.1) is 23.7 Å². The van der Waals surface area contributed by atoms with Crippen LogP contribution in [0.3, 0.4) is 0 Å². The number of fused-ring (bicyclic) bond motifs is 19. The molecular formula is C53H42O. The van der Waals surface area contributed by atoms with Crippen LogP contribution >= 0.6 is 0 Å². The number of Topliss-reactive ketones (excluding diaryl/α,β-unsaturated/α-hetero) is 1. The van der Waals surface area contributed by atoms with Gasteiger partial charge in [0, 0.05) is 28.4 Å². The van der Waals surface area contributed by atoms with Crippen molar-refractivity contribution in [1.29, 1.82) is 0 Å². The maximum absolute atomic E-state index is 15.2. The van der Waals surface area contributed by atoms with Gasteiger partial charge < -0.3 is 0 Å². The van der Waals surface area contributed by atoms with Gasteiger partial charge >= 0.3 is 0 Å². The minimum absolute atomic E-state index is 0.122. The maximum atomic E-state index is 15.2. The smallest absolute Gasteiger partial charge is 0.192 e. The first-order valence-corrected chi connectivity index (χ1v) is 20.1. The van der Waals surface area contributed by atoms with Gasteiger partial charge in [-0.15, -0.1) is 0 Å². The highest BCUT2D eigenvalue weighted by atomic mass is 16.1. The molecular weight excluding hydrogens is 653 g/mol. The number of carbonyl (C=O) groups is 1. The molecule has 0 saturated carbocycles. The normalized spacial score (nSPS) is 31.0. The van der Waals surface area contributed by atoms with Crippen molar-refractivity contribution in [3.63, 3.8) is 0 Å². The molecule has 0 aliphatic heterocycles. The molecule has 0 bridgehead atoms. The first-order valence-electron chi connectivity index (χ1n) is 20.1. The number of allylic oxidation sites excluding steroid dienone is 10. The first kappa shape index (κ1) is 30.9. The Bertz CT molecular complexity index is 2660. The minimum Gasteiger partial charge on any atom is -0.289 e. The molecule has 7 aliphatic rings. The van der Waals surface area contributed by atoms with Crippen LogP contribution in [-0.2, 0) is 10.8 Å². The average Bonchev–Trinajstić information content (AvgIpc) is 3.90. The van der Waals surface area contributed by atoms with Gasteiger partial charge in [-0.25, -0.2) is 0 Å². The summed E-state index contributed by atoms with van der Waals surface area (Å²) in [7, 11) is 0. The van der Waals surface area contributed by atoms with E-state index < -0.39 is 5.41 Å². The van der Waals surface area contributed by atoms with Gasteiger partial charge in [0.25, 0.3) is 0 Å². The molecule has 12 rings (SSSR count). The fraction of sp³-hybridized carbons (Fsp3) is 0.226. The summed E-state index contributed by atoms with van der Waals surface area (Å²) in [5.74, 6) is 2.27. The van der Waals surface area contributed by atoms with E-state index in [1.54, 1.807) is 0 Å². The molecule has 5 aromatic rings. The van der Waals surface area contributed by atoms with Gasteiger partial charge in [-0.2, -0.15) is 0 Å². The number of benzene rings is 5. The highest BCUT2D eigenvalue weighted by Gasteiger charge is 2.63. The number of rotatable bonds is 2. The van der Waals surface area contributed by atoms with E-state index in [2.05, 4.69) is 172 Å². The monoisotopic (exact) mass is 694 g/mol. The van der Waals surface area contributed by atoms with Crippen molar-refractivity contribution in [2.45, 2.75) is 49.4 Å². The van der Waals surface area contributed by atoms with Crippen molar-refractivity contribution in [3.05, 3.63) is 219 Å². The molecule has 7 aliphatic carbocycles. The summed E-state index contributed by atoms with van der Waals surface area (Å²) in [6.45, 7) is 4.82. The molecule has 0 fully saturated rings. The Morgan fingerprint density at radius 3 is 2.09 bits per heavy atom. The number of ketones is 1. The molecule has 1 heteroatoms. The highest BCUT2D eigenvalue weighted by Crippen LogP contribution is 2.69. The van der Waals surface area contributed by atoms with E-state index in [0.717, 1.165) is 24.0 Å². The largest absolute Gasteiger partial charge is 0.289 e. The lowest BCUT2D eigenvalue weighted by atomic mass is 9.59. The summed E-state index contributed by atoms with van der Waals surface area (Å²) < 4.78 is 0. The van der Waals surface area contributed by atoms with Crippen LogP contribution in [0.25, 0.3) is 16.7 Å². The lowest BCUT2D eigenvalue weighted by Gasteiger charge is -2.43. The van der Waals surface area contributed by atoms with E-state index in [-0.39, 0.29) is 23.0 Å². The van der Waals surface area contributed by atoms with Gasteiger partial charge in [0.15, 0.2) is 5.78 Å². The van der Waals surface area contributed by atoms with Crippen molar-refractivity contribution in [3.8, 4) is 11.1 Å². The lowest BCUT2D eigenvalue weighted by molar-refractivity contribution is 0.103. The van der Waals surface area contributed by atoms with E-state index in [0.29, 0.717) is 23.7 Å². The van der Waals surface area contributed by atoms with Crippen molar-refractivity contribution >= 4 is 11.4 Å². The van der Waals surface area contributed by atoms with Gasteiger partial charge in [-0.3, -0.25) is 4.79 Å². The second-order valence-electron chi connectivity index (χ2n) is 17.1. The summed E-state index contributed by atoms with van der Waals surface area (Å²) in [5, 5.41) is 0. The molecule has 5 aromatic carbocycles. The van der Waals surface area contributed by atoms with Gasteiger partial charge in [0.2, 0.25) is 0 Å². The van der Waals surface area contributed by atoms with E-state index in [1.807, 2.05) is 0 Å². The summed E-state index contributed by atoms with van der Waals surface area (Å²) in [4.78, 5) is 15.2. The van der Waals surface area contributed by atoms with Gasteiger partial charge in [-0.1, -0.05) is 166 Å². The second-order valence-corrected chi connectivity index (χ2v) is 17.1. The Morgan fingerprint density at radius 1 is 0.611 bits per heavy atom. The summed E-state index contributed by atoms with van der Waals surface area (Å²) >= 11 is 0. The van der Waals surface area contributed by atoms with E-state index in [4.69, 9.17) is 0 Å². The van der Waals surface area contributed by atoms with E-state index in [9.17, 15) is 0 Å². The average molecular weight is 695 g/mol. The van der Waals surface area contributed by atoms with Gasteiger partial charge in [0.05, 0.1) is 5.41 Å². The standard InChI is InChI=1S/C53H42O/c1-31-13-12-24-46-49(31)41-18-6-10-23-45(41)52(46)42-20-7-3-15-35(42)38-27-25-33(29-47(38)52)51(54)34-26-28-39-36-16-4-8-21-43(36)53(48(39)30-34)44-22-9-5-17-37(44)40-19-11-14-32(2)50(40)53/h3-12,15-32,38,46-47,49H,13-14H2,1-2H3. The molecule has 8 atom stereocenters. The fourth-order valence-corrected chi connectivity index (χ4v) is 13.0. The van der Waals surface area contributed by atoms with Crippen molar-refractivity contribution in [1.82, 2.24) is 0 Å². The molecule has 260 valence electrons. The highest BCUT2D eigenvalue weighted by molar-refractivity contribution is 6.12. The molecule has 1 nitrogen and oxygen atoms in total. The molecule has 0 amide bonds. The molecule has 0 aromatic heterocycles. The molecule has 2 spiro atoms. The number of hydrogen-bond donors (Lipinski definition) is 0. The molecule has 0 N–H and O–H groups in total. The lowest BCUT2D eigenvalue weighted by Crippen LogP contribution is -2.40. The zero-order valence-electron chi connectivity index (χ0n) is 30.8. The van der Waals surface area contributed by atoms with Crippen molar-refractivity contribution in [2.75, 3.05) is 0 Å². The predicted octanol–water partition coefficient (Wildman–Crippen LogP) is 12.1. The number of hydrogen-bond acceptors (Lipinski definition) is 1. The van der Waals surface area contributed by atoms with Crippen LogP contribution < -0.4 is 0 Å². The third-order valence-electron chi connectivity index (χ3n) is 14.8.